The number of aromatic nitrogens is 6. The van der Waals surface area contributed by atoms with Crippen molar-refractivity contribution < 1.29 is 13.9 Å². The molecule has 170 valence electrons. The second-order valence-corrected chi connectivity index (χ2v) is 7.92. The molecule has 0 saturated carbocycles. The lowest BCUT2D eigenvalue weighted by atomic mass is 10.1. The van der Waals surface area contributed by atoms with Crippen LogP contribution in [0.25, 0.3) is 17.1 Å². The molecule has 4 aromatic rings. The van der Waals surface area contributed by atoms with E-state index in [0.29, 0.717) is 45.6 Å². The summed E-state index contributed by atoms with van der Waals surface area (Å²) in [5, 5.41) is 9.46. The van der Waals surface area contributed by atoms with Crippen LogP contribution in [0.5, 0.6) is 0 Å². The van der Waals surface area contributed by atoms with Gasteiger partial charge in [-0.2, -0.15) is 10.2 Å². The predicted octanol–water partition coefficient (Wildman–Crippen LogP) is 4.58. The van der Waals surface area contributed by atoms with Crippen LogP contribution in [-0.4, -0.2) is 42.1 Å². The summed E-state index contributed by atoms with van der Waals surface area (Å²) in [5.74, 6) is -0.576. The Morgan fingerprint density at radius 1 is 1.12 bits per heavy atom. The average Bonchev–Trinajstić information content (AvgIpc) is 3.25. The number of benzene rings is 1. The first kappa shape index (κ1) is 22.9. The third kappa shape index (κ3) is 4.46. The molecule has 3 aromatic heterocycles. The highest BCUT2D eigenvalue weighted by atomic mass is 35.5. The second-order valence-electron chi connectivity index (χ2n) is 7.16. The monoisotopic (exact) mass is 488 g/mol. The van der Waals surface area contributed by atoms with Crippen molar-refractivity contribution in [2.24, 2.45) is 7.05 Å². The minimum atomic E-state index is -0.595. The number of halogens is 3. The highest BCUT2D eigenvalue weighted by Gasteiger charge is 2.24. The minimum absolute atomic E-state index is 0.0952. The molecule has 0 unspecified atom stereocenters. The van der Waals surface area contributed by atoms with Crippen LogP contribution < -0.4 is 0 Å². The number of carbonyl (C=O) groups excluding carboxylic acids is 1. The van der Waals surface area contributed by atoms with Crippen molar-refractivity contribution in [1.29, 1.82) is 0 Å². The summed E-state index contributed by atoms with van der Waals surface area (Å²) < 4.78 is 21.4. The second kappa shape index (κ2) is 9.29. The molecule has 3 heterocycles. The molecule has 4 rings (SSSR count). The Morgan fingerprint density at radius 2 is 1.85 bits per heavy atom. The molecule has 0 N–H and O–H groups in total. The number of aryl methyl sites for hydroxylation is 2. The van der Waals surface area contributed by atoms with E-state index in [4.69, 9.17) is 27.9 Å². The van der Waals surface area contributed by atoms with Gasteiger partial charge in [0.1, 0.15) is 17.8 Å². The zero-order chi connectivity index (χ0) is 23.7. The fourth-order valence-electron chi connectivity index (χ4n) is 3.34. The molecule has 0 atom stereocenters. The van der Waals surface area contributed by atoms with Crippen molar-refractivity contribution >= 4 is 29.2 Å². The maximum atomic E-state index is 13.3. The van der Waals surface area contributed by atoms with Crippen LogP contribution in [-0.2, 0) is 18.2 Å². The standard InChI is InChI=1S/C22H19Cl2FN6O2/c1-4-33-22(32)21-18(23)12(2)28-31(21)17-10-15(26-11-27-17)9-16-19(24)20(29-30(16)3)13-5-7-14(25)8-6-13/h5-8,10-11H,4,9H2,1-3H3. The molecule has 1 aromatic carbocycles. The highest BCUT2D eigenvalue weighted by Crippen LogP contribution is 2.31. The van der Waals surface area contributed by atoms with Crippen molar-refractivity contribution in [3.8, 4) is 17.1 Å². The Morgan fingerprint density at radius 3 is 2.55 bits per heavy atom. The summed E-state index contributed by atoms with van der Waals surface area (Å²) in [4.78, 5) is 21.0. The summed E-state index contributed by atoms with van der Waals surface area (Å²) in [7, 11) is 1.77. The predicted molar refractivity (Wildman–Crippen MR) is 121 cm³/mol. The maximum absolute atomic E-state index is 13.3. The first-order chi connectivity index (χ1) is 15.8. The van der Waals surface area contributed by atoms with Crippen LogP contribution in [0.2, 0.25) is 10.0 Å². The van der Waals surface area contributed by atoms with Crippen LogP contribution >= 0.6 is 23.2 Å². The van der Waals surface area contributed by atoms with Crippen LogP contribution in [0.1, 0.15) is 34.5 Å². The van der Waals surface area contributed by atoms with Gasteiger partial charge in [-0.3, -0.25) is 4.68 Å². The van der Waals surface area contributed by atoms with E-state index in [1.807, 2.05) is 0 Å². The highest BCUT2D eigenvalue weighted by molar-refractivity contribution is 6.34. The zero-order valence-corrected chi connectivity index (χ0v) is 19.5. The van der Waals surface area contributed by atoms with Gasteiger partial charge in [0.25, 0.3) is 0 Å². The van der Waals surface area contributed by atoms with Gasteiger partial charge in [0.15, 0.2) is 11.5 Å². The molecule has 33 heavy (non-hydrogen) atoms. The Bertz CT molecular complexity index is 1330. The lowest BCUT2D eigenvalue weighted by Crippen LogP contribution is -2.14. The molecule has 0 bridgehead atoms. The summed E-state index contributed by atoms with van der Waals surface area (Å²) in [6.45, 7) is 3.60. The van der Waals surface area contributed by atoms with Gasteiger partial charge in [0.2, 0.25) is 0 Å². The van der Waals surface area contributed by atoms with E-state index < -0.39 is 5.97 Å². The fraction of sp³-hybridized carbons (Fsp3) is 0.227. The van der Waals surface area contributed by atoms with Gasteiger partial charge in [-0.05, 0) is 38.1 Å². The van der Waals surface area contributed by atoms with Crippen molar-refractivity contribution in [2.45, 2.75) is 20.3 Å². The van der Waals surface area contributed by atoms with Crippen molar-refractivity contribution in [2.75, 3.05) is 6.61 Å². The third-order valence-electron chi connectivity index (χ3n) is 4.95. The molecule has 0 spiro atoms. The van der Waals surface area contributed by atoms with E-state index >= 15 is 0 Å². The Balaban J connectivity index is 1.69. The molecule has 0 saturated heterocycles. The maximum Gasteiger partial charge on any atom is 0.358 e. The molecular formula is C22H19Cl2FN6O2. The van der Waals surface area contributed by atoms with Gasteiger partial charge >= 0.3 is 5.97 Å². The van der Waals surface area contributed by atoms with Crippen LogP contribution in [0.15, 0.2) is 36.7 Å². The molecule has 0 aliphatic heterocycles. The Labute approximate surface area is 198 Å². The molecule has 0 aliphatic rings. The van der Waals surface area contributed by atoms with Gasteiger partial charge < -0.3 is 4.74 Å². The van der Waals surface area contributed by atoms with Gasteiger partial charge in [-0.15, -0.1) is 0 Å². The number of ether oxygens (including phenoxy) is 1. The van der Waals surface area contributed by atoms with Gasteiger partial charge in [-0.25, -0.2) is 23.8 Å². The van der Waals surface area contributed by atoms with Crippen molar-refractivity contribution in [3.05, 3.63) is 75.3 Å². The number of nitrogens with zero attached hydrogens (tertiary/aromatic N) is 6. The van der Waals surface area contributed by atoms with E-state index in [0.717, 1.165) is 0 Å². The number of esters is 1. The Hall–Kier alpha value is -3.30. The van der Waals surface area contributed by atoms with E-state index in [1.54, 1.807) is 43.8 Å². The van der Waals surface area contributed by atoms with E-state index in [2.05, 4.69) is 20.2 Å². The first-order valence-corrected chi connectivity index (χ1v) is 10.8. The normalized spacial score (nSPS) is 11.1. The lowest BCUT2D eigenvalue weighted by molar-refractivity contribution is 0.0515. The zero-order valence-electron chi connectivity index (χ0n) is 18.0. The molecule has 0 fully saturated rings. The number of rotatable bonds is 6. The topological polar surface area (TPSA) is 87.7 Å². The van der Waals surface area contributed by atoms with E-state index in [1.165, 1.54) is 23.1 Å². The third-order valence-corrected chi connectivity index (χ3v) is 5.80. The number of carbonyl (C=O) groups is 1. The number of hydrogen-bond donors (Lipinski definition) is 0. The summed E-state index contributed by atoms with van der Waals surface area (Å²) in [5.41, 5.74) is 3.14. The molecule has 0 radical (unpaired) electrons. The molecule has 8 nitrogen and oxygen atoms in total. The quantitative estimate of drug-likeness (QED) is 0.369. The lowest BCUT2D eigenvalue weighted by Gasteiger charge is -2.08. The van der Waals surface area contributed by atoms with Gasteiger partial charge in [-0.1, -0.05) is 23.2 Å². The van der Waals surface area contributed by atoms with Gasteiger partial charge in [0, 0.05) is 25.1 Å². The Kier molecular flexibility index (Phi) is 6.44. The van der Waals surface area contributed by atoms with Gasteiger partial charge in [0.05, 0.1) is 33.7 Å². The van der Waals surface area contributed by atoms with Crippen molar-refractivity contribution in [3.63, 3.8) is 0 Å². The molecule has 0 amide bonds. The van der Waals surface area contributed by atoms with Crippen LogP contribution in [0.4, 0.5) is 4.39 Å². The minimum Gasteiger partial charge on any atom is -0.461 e. The SMILES string of the molecule is CCOC(=O)c1c(Cl)c(C)nn1-c1cc(Cc2c(Cl)c(-c3ccc(F)cc3)nn2C)ncn1. The smallest absolute Gasteiger partial charge is 0.358 e. The van der Waals surface area contributed by atoms with Crippen molar-refractivity contribution in [1.82, 2.24) is 29.5 Å². The van der Waals surface area contributed by atoms with Crippen LogP contribution in [0, 0.1) is 12.7 Å². The summed E-state index contributed by atoms with van der Waals surface area (Å²) >= 11 is 12.9. The van der Waals surface area contributed by atoms with E-state index in [9.17, 15) is 9.18 Å². The summed E-state index contributed by atoms with van der Waals surface area (Å²) in [6.07, 6.45) is 1.71. The molecule has 0 aliphatic carbocycles. The molecule has 11 heteroatoms. The largest absolute Gasteiger partial charge is 0.461 e. The summed E-state index contributed by atoms with van der Waals surface area (Å²) in [6, 6.07) is 7.64. The van der Waals surface area contributed by atoms with E-state index in [-0.39, 0.29) is 23.1 Å². The number of hydrogen-bond acceptors (Lipinski definition) is 6. The van der Waals surface area contributed by atoms with Crippen LogP contribution in [0.3, 0.4) is 0 Å². The molecular weight excluding hydrogens is 470 g/mol. The fourth-order valence-corrected chi connectivity index (χ4v) is 3.87. The average molecular weight is 489 g/mol. The first-order valence-electron chi connectivity index (χ1n) is 10.0.